The molecule has 1 aromatic heterocycles. The summed E-state index contributed by atoms with van der Waals surface area (Å²) in [6, 6.07) is 5.51. The van der Waals surface area contributed by atoms with E-state index >= 15 is 0 Å². The number of aryl methyl sites for hydroxylation is 2. The van der Waals surface area contributed by atoms with Crippen molar-refractivity contribution < 1.29 is 9.90 Å². The molecule has 4 nitrogen and oxygen atoms in total. The Morgan fingerprint density at radius 1 is 1.44 bits per heavy atom. The van der Waals surface area contributed by atoms with Gasteiger partial charge in [0.05, 0.1) is 5.52 Å². The third kappa shape index (κ3) is 1.75. The van der Waals surface area contributed by atoms with Gasteiger partial charge < -0.3 is 9.67 Å². The molecule has 0 spiro atoms. The normalized spacial score (nSPS) is 10.8. The number of nitrogens with zero attached hydrogens (tertiary/aromatic N) is 1. The molecule has 0 aliphatic rings. The number of pyridine rings is 1. The van der Waals surface area contributed by atoms with Gasteiger partial charge in [0.2, 0.25) is 0 Å². The summed E-state index contributed by atoms with van der Waals surface area (Å²) in [5.74, 6) is -1.17. The van der Waals surface area contributed by atoms with Crippen molar-refractivity contribution in [1.29, 1.82) is 0 Å². The fraction of sp³-hybridized carbons (Fsp3) is 0.231. The lowest BCUT2D eigenvalue weighted by molar-refractivity contribution is 0.0693. The lowest BCUT2D eigenvalue weighted by Crippen LogP contribution is -2.27. The Hall–Kier alpha value is -1.62. The first-order valence-electron chi connectivity index (χ1n) is 5.52. The van der Waals surface area contributed by atoms with Gasteiger partial charge in [0.25, 0.3) is 5.56 Å². The molecule has 18 heavy (non-hydrogen) atoms. The Morgan fingerprint density at radius 3 is 2.67 bits per heavy atom. The van der Waals surface area contributed by atoms with E-state index in [1.54, 1.807) is 7.05 Å². The number of aromatic nitrogens is 1. The van der Waals surface area contributed by atoms with E-state index in [4.69, 9.17) is 0 Å². The number of aromatic carboxylic acids is 1. The van der Waals surface area contributed by atoms with Crippen molar-refractivity contribution in [3.8, 4) is 0 Å². The molecule has 0 atom stereocenters. The molecular formula is C13H12BrNO3. The highest BCUT2D eigenvalue weighted by atomic mass is 79.9. The number of hydrogen-bond donors (Lipinski definition) is 1. The zero-order valence-electron chi connectivity index (χ0n) is 10.0. The van der Waals surface area contributed by atoms with E-state index < -0.39 is 11.5 Å². The number of benzene rings is 1. The van der Waals surface area contributed by atoms with Gasteiger partial charge in [-0.2, -0.15) is 0 Å². The SMILES string of the molecule is CCc1c(C(=O)O)c(=O)n(C)c2c(Br)cccc12. The van der Waals surface area contributed by atoms with Crippen LogP contribution in [0.15, 0.2) is 27.5 Å². The van der Waals surface area contributed by atoms with Crippen LogP contribution in [-0.2, 0) is 13.5 Å². The first-order chi connectivity index (χ1) is 8.49. The molecule has 0 unspecified atom stereocenters. The van der Waals surface area contributed by atoms with Gasteiger partial charge in [0, 0.05) is 16.9 Å². The van der Waals surface area contributed by atoms with E-state index in [-0.39, 0.29) is 5.56 Å². The highest BCUT2D eigenvalue weighted by Gasteiger charge is 2.20. The summed E-state index contributed by atoms with van der Waals surface area (Å²) in [4.78, 5) is 23.4. The van der Waals surface area contributed by atoms with E-state index in [0.717, 1.165) is 15.4 Å². The third-order valence-electron chi connectivity index (χ3n) is 3.04. The summed E-state index contributed by atoms with van der Waals surface area (Å²) in [6.07, 6.45) is 0.505. The van der Waals surface area contributed by atoms with Crippen LogP contribution < -0.4 is 5.56 Å². The highest BCUT2D eigenvalue weighted by molar-refractivity contribution is 9.10. The van der Waals surface area contributed by atoms with Crippen molar-refractivity contribution in [1.82, 2.24) is 4.57 Å². The molecule has 0 bridgehead atoms. The maximum Gasteiger partial charge on any atom is 0.341 e. The molecule has 0 saturated carbocycles. The molecule has 5 heteroatoms. The summed E-state index contributed by atoms with van der Waals surface area (Å²) in [5.41, 5.74) is 0.704. The van der Waals surface area contributed by atoms with E-state index in [1.165, 1.54) is 4.57 Å². The Morgan fingerprint density at radius 2 is 2.11 bits per heavy atom. The summed E-state index contributed by atoms with van der Waals surface area (Å²) < 4.78 is 2.16. The minimum atomic E-state index is -1.17. The van der Waals surface area contributed by atoms with Gasteiger partial charge in [-0.15, -0.1) is 0 Å². The molecule has 2 rings (SSSR count). The molecule has 1 aromatic carbocycles. The number of para-hydroxylation sites is 1. The van der Waals surface area contributed by atoms with Crippen LogP contribution in [-0.4, -0.2) is 15.6 Å². The number of rotatable bonds is 2. The molecule has 0 fully saturated rings. The lowest BCUT2D eigenvalue weighted by atomic mass is 10.0. The molecule has 2 aromatic rings. The molecule has 1 N–H and O–H groups in total. The van der Waals surface area contributed by atoms with Crippen molar-refractivity contribution in [3.63, 3.8) is 0 Å². The maximum atomic E-state index is 12.1. The summed E-state index contributed by atoms with van der Waals surface area (Å²) in [6.45, 7) is 1.85. The number of hydrogen-bond acceptors (Lipinski definition) is 2. The number of carboxylic acid groups (broad SMARTS) is 1. The van der Waals surface area contributed by atoms with Crippen LogP contribution in [0.1, 0.15) is 22.8 Å². The van der Waals surface area contributed by atoms with Crippen LogP contribution in [0, 0.1) is 0 Å². The van der Waals surface area contributed by atoms with E-state index in [0.29, 0.717) is 12.0 Å². The van der Waals surface area contributed by atoms with Crippen LogP contribution in [0.4, 0.5) is 0 Å². The second-order valence-corrected chi connectivity index (χ2v) is 4.87. The largest absolute Gasteiger partial charge is 0.477 e. The predicted molar refractivity (Wildman–Crippen MR) is 73.2 cm³/mol. The first kappa shape index (κ1) is 12.8. The smallest absolute Gasteiger partial charge is 0.341 e. The Kier molecular flexibility index (Phi) is 3.26. The highest BCUT2D eigenvalue weighted by Crippen LogP contribution is 2.26. The molecule has 0 amide bonds. The van der Waals surface area contributed by atoms with Crippen LogP contribution in [0.5, 0.6) is 0 Å². The minimum Gasteiger partial charge on any atom is -0.477 e. The fourth-order valence-electron chi connectivity index (χ4n) is 2.22. The van der Waals surface area contributed by atoms with Gasteiger partial charge in [-0.3, -0.25) is 4.79 Å². The average molecular weight is 310 g/mol. The van der Waals surface area contributed by atoms with Crippen molar-refractivity contribution in [2.75, 3.05) is 0 Å². The molecule has 0 radical (unpaired) electrons. The second kappa shape index (κ2) is 4.57. The van der Waals surface area contributed by atoms with Crippen molar-refractivity contribution in [3.05, 3.63) is 44.2 Å². The third-order valence-corrected chi connectivity index (χ3v) is 3.67. The van der Waals surface area contributed by atoms with E-state index in [1.807, 2.05) is 25.1 Å². The maximum absolute atomic E-state index is 12.1. The minimum absolute atomic E-state index is 0.134. The molecular weight excluding hydrogens is 298 g/mol. The van der Waals surface area contributed by atoms with E-state index in [9.17, 15) is 14.7 Å². The average Bonchev–Trinajstić information content (AvgIpc) is 2.32. The van der Waals surface area contributed by atoms with Crippen LogP contribution in [0.3, 0.4) is 0 Å². The number of fused-ring (bicyclic) bond motifs is 1. The number of carboxylic acids is 1. The van der Waals surface area contributed by atoms with Gasteiger partial charge >= 0.3 is 5.97 Å². The Balaban J connectivity index is 3.12. The predicted octanol–water partition coefficient (Wildman–Crippen LogP) is 2.56. The molecule has 0 saturated heterocycles. The quantitative estimate of drug-likeness (QED) is 0.927. The van der Waals surface area contributed by atoms with Crippen LogP contribution in [0.25, 0.3) is 10.9 Å². The molecule has 0 aliphatic heterocycles. The second-order valence-electron chi connectivity index (χ2n) is 4.01. The number of halogens is 1. The molecule has 0 aliphatic carbocycles. The molecule has 94 valence electrons. The fourth-order valence-corrected chi connectivity index (χ4v) is 2.85. The van der Waals surface area contributed by atoms with Gasteiger partial charge in [0.15, 0.2) is 0 Å². The summed E-state index contributed by atoms with van der Waals surface area (Å²) >= 11 is 3.40. The monoisotopic (exact) mass is 309 g/mol. The molecule has 1 heterocycles. The van der Waals surface area contributed by atoms with Gasteiger partial charge in [-0.05, 0) is 34.0 Å². The zero-order valence-corrected chi connectivity index (χ0v) is 11.6. The Labute approximate surface area is 112 Å². The van der Waals surface area contributed by atoms with Crippen molar-refractivity contribution in [2.24, 2.45) is 7.05 Å². The van der Waals surface area contributed by atoms with Crippen LogP contribution >= 0.6 is 15.9 Å². The standard InChI is InChI=1S/C13H12BrNO3/c1-3-7-8-5-4-6-9(14)11(8)15(2)12(16)10(7)13(17)18/h4-6H,3H2,1-2H3,(H,17,18). The zero-order chi connectivity index (χ0) is 13.4. The van der Waals surface area contributed by atoms with Gasteiger partial charge in [0.1, 0.15) is 5.56 Å². The summed E-state index contributed by atoms with van der Waals surface area (Å²) in [7, 11) is 1.58. The lowest BCUT2D eigenvalue weighted by Gasteiger charge is -2.13. The summed E-state index contributed by atoms with van der Waals surface area (Å²) in [5, 5.41) is 10.0. The van der Waals surface area contributed by atoms with Crippen molar-refractivity contribution in [2.45, 2.75) is 13.3 Å². The van der Waals surface area contributed by atoms with Gasteiger partial charge in [-0.25, -0.2) is 4.79 Å². The van der Waals surface area contributed by atoms with Gasteiger partial charge in [-0.1, -0.05) is 19.1 Å². The topological polar surface area (TPSA) is 59.3 Å². The van der Waals surface area contributed by atoms with Crippen LogP contribution in [0.2, 0.25) is 0 Å². The first-order valence-corrected chi connectivity index (χ1v) is 6.31. The van der Waals surface area contributed by atoms with Crippen molar-refractivity contribution >= 4 is 32.8 Å². The van der Waals surface area contributed by atoms with E-state index in [2.05, 4.69) is 15.9 Å². The number of carbonyl (C=O) groups is 1. The Bertz CT molecular complexity index is 703.